The van der Waals surface area contributed by atoms with Crippen LogP contribution in [0.1, 0.15) is 171 Å². The van der Waals surface area contributed by atoms with Gasteiger partial charge in [-0.2, -0.15) is 0 Å². The van der Waals surface area contributed by atoms with Crippen molar-refractivity contribution in [1.29, 1.82) is 0 Å². The molecule has 0 N–H and O–H groups in total. The van der Waals surface area contributed by atoms with Gasteiger partial charge in [0, 0.05) is 12.3 Å². The fraction of sp³-hybridized carbons (Fsp3) is 1.00. The summed E-state index contributed by atoms with van der Waals surface area (Å²) in [5.74, 6) is 0.510. The molecule has 9 heteroatoms. The van der Waals surface area contributed by atoms with Gasteiger partial charge >= 0.3 is 16.5 Å². The second-order valence-electron chi connectivity index (χ2n) is 12.0. The number of rotatable bonds is 26. The van der Waals surface area contributed by atoms with Gasteiger partial charge in [-0.1, -0.05) is 131 Å². The fourth-order valence-corrected chi connectivity index (χ4v) is 8.55. The van der Waals surface area contributed by atoms with Crippen LogP contribution >= 0.6 is 15.2 Å². The quantitative estimate of drug-likeness (QED) is 0.0516. The maximum absolute atomic E-state index is 12.1. The van der Waals surface area contributed by atoms with Crippen molar-refractivity contribution in [3.63, 3.8) is 0 Å². The van der Waals surface area contributed by atoms with Gasteiger partial charge in [0.2, 0.25) is 0 Å². The first-order chi connectivity index (χ1) is 18.9. The molecule has 0 saturated heterocycles. The monoisotopic (exact) mass is 668 g/mol. The molecule has 0 spiro atoms. The molecular formula is C32H68NiO6P2. The average molecular weight is 670 g/mol. The first-order valence-electron chi connectivity index (χ1n) is 16.9. The zero-order valence-electron chi connectivity index (χ0n) is 28.1. The Morgan fingerprint density at radius 3 is 1.10 bits per heavy atom. The van der Waals surface area contributed by atoms with Crippen LogP contribution in [0.3, 0.4) is 0 Å². The molecule has 0 bridgehead atoms. The van der Waals surface area contributed by atoms with Crippen LogP contribution in [0.15, 0.2) is 0 Å². The topological polar surface area (TPSA) is 98.7 Å². The normalized spacial score (nSPS) is 17.2. The Bertz CT molecular complexity index is 598. The van der Waals surface area contributed by atoms with E-state index in [1.807, 2.05) is 13.8 Å². The van der Waals surface area contributed by atoms with Crippen LogP contribution in [-0.2, 0) is 34.7 Å². The van der Waals surface area contributed by atoms with Crippen LogP contribution in [-0.4, -0.2) is 24.5 Å². The van der Waals surface area contributed by atoms with E-state index in [-0.39, 0.29) is 52.9 Å². The smallest absolute Gasteiger partial charge is 0.778 e. The summed E-state index contributed by atoms with van der Waals surface area (Å²) in [6.45, 7) is 16.5. The van der Waals surface area contributed by atoms with E-state index < -0.39 is 15.2 Å². The Kier molecular flexibility index (Phi) is 33.3. The van der Waals surface area contributed by atoms with Crippen LogP contribution in [0.25, 0.3) is 0 Å². The second kappa shape index (κ2) is 29.5. The van der Waals surface area contributed by atoms with Gasteiger partial charge in [-0.25, -0.2) is 0 Å². The standard InChI is InChI=1S/2C16H35O3P.Ni/c2*1-5-8-10-11-12-15(4)19-20(17,18)14-16(7-3)13-9-6-2;/h2*15-16H,5-14H2,1-4H3,(H,17,18);/q;;+2/p-2. The van der Waals surface area contributed by atoms with E-state index in [0.29, 0.717) is 0 Å². The van der Waals surface area contributed by atoms with Gasteiger partial charge in [0.15, 0.2) is 0 Å². The van der Waals surface area contributed by atoms with Crippen molar-refractivity contribution in [2.75, 3.05) is 12.3 Å². The van der Waals surface area contributed by atoms with E-state index in [0.717, 1.165) is 77.0 Å². The number of hydrogen-bond donors (Lipinski definition) is 0. The Morgan fingerprint density at radius 2 is 0.829 bits per heavy atom. The minimum atomic E-state index is -3.67. The van der Waals surface area contributed by atoms with Gasteiger partial charge in [-0.3, -0.25) is 0 Å². The third-order valence-corrected chi connectivity index (χ3v) is 10.9. The summed E-state index contributed by atoms with van der Waals surface area (Å²) in [6, 6.07) is 0. The van der Waals surface area contributed by atoms with Gasteiger partial charge in [0.05, 0.1) is 12.2 Å². The molecule has 0 aliphatic heterocycles. The summed E-state index contributed by atoms with van der Waals surface area (Å²) >= 11 is 0. The SMILES string of the molecule is CCCCCCC(C)OP(=O)([O-])CC(CC)CCCC.CCCCCCC(C)OP(=O)([O-])CC(CC)CCCC.[Ni+2]. The van der Waals surface area contributed by atoms with Crippen LogP contribution in [0.4, 0.5) is 0 Å². The van der Waals surface area contributed by atoms with Crippen molar-refractivity contribution < 1.29 is 44.5 Å². The molecule has 0 saturated carbocycles. The molecule has 0 fully saturated rings. The maximum Gasteiger partial charge on any atom is 2.00 e. The molecule has 0 amide bonds. The molecule has 0 aromatic heterocycles. The van der Waals surface area contributed by atoms with E-state index in [2.05, 4.69) is 41.5 Å². The third-order valence-electron chi connectivity index (χ3n) is 7.66. The molecular weight excluding hydrogens is 601 g/mol. The molecule has 0 aromatic carbocycles. The van der Waals surface area contributed by atoms with Crippen molar-refractivity contribution in [2.45, 2.75) is 183 Å². The number of unbranched alkanes of at least 4 members (excludes halogenated alkanes) is 8. The van der Waals surface area contributed by atoms with Crippen LogP contribution in [0.5, 0.6) is 0 Å². The largest absolute Gasteiger partial charge is 2.00 e. The van der Waals surface area contributed by atoms with Crippen molar-refractivity contribution in [3.05, 3.63) is 0 Å². The van der Waals surface area contributed by atoms with E-state index in [1.165, 1.54) is 38.5 Å². The average Bonchev–Trinajstić information content (AvgIpc) is 2.89. The molecule has 0 aromatic rings. The molecule has 0 heterocycles. The van der Waals surface area contributed by atoms with Gasteiger partial charge in [-0.05, 0) is 51.4 Å². The summed E-state index contributed by atoms with van der Waals surface area (Å²) in [5.41, 5.74) is 0. The summed E-state index contributed by atoms with van der Waals surface area (Å²) in [4.78, 5) is 24.1. The Balaban J connectivity index is -0.000000688. The summed E-state index contributed by atoms with van der Waals surface area (Å²) in [7, 11) is -7.33. The minimum absolute atomic E-state index is 0. The molecule has 6 unspecified atom stereocenters. The molecule has 252 valence electrons. The van der Waals surface area contributed by atoms with Crippen molar-refractivity contribution >= 4 is 15.2 Å². The van der Waals surface area contributed by atoms with Crippen LogP contribution in [0.2, 0.25) is 0 Å². The molecule has 6 atom stereocenters. The molecule has 0 radical (unpaired) electrons. The number of hydrogen-bond acceptors (Lipinski definition) is 6. The Hall–Kier alpha value is 0.794. The first-order valence-corrected chi connectivity index (χ1v) is 20.3. The molecule has 6 nitrogen and oxygen atoms in total. The Morgan fingerprint density at radius 1 is 0.512 bits per heavy atom. The van der Waals surface area contributed by atoms with Crippen LogP contribution < -0.4 is 9.79 Å². The van der Waals surface area contributed by atoms with Crippen molar-refractivity contribution in [2.24, 2.45) is 11.8 Å². The Labute approximate surface area is 266 Å². The van der Waals surface area contributed by atoms with Gasteiger partial charge in [-0.15, -0.1) is 0 Å². The van der Waals surface area contributed by atoms with E-state index >= 15 is 0 Å². The van der Waals surface area contributed by atoms with E-state index in [4.69, 9.17) is 9.05 Å². The summed E-state index contributed by atoms with van der Waals surface area (Å²) in [6.07, 6.45) is 19.3. The summed E-state index contributed by atoms with van der Waals surface area (Å²) in [5, 5.41) is 0. The van der Waals surface area contributed by atoms with Gasteiger partial charge in [0.25, 0.3) is 0 Å². The van der Waals surface area contributed by atoms with Crippen molar-refractivity contribution in [3.8, 4) is 0 Å². The van der Waals surface area contributed by atoms with E-state index in [1.54, 1.807) is 0 Å². The molecule has 0 rings (SSSR count). The van der Waals surface area contributed by atoms with Crippen molar-refractivity contribution in [1.82, 2.24) is 0 Å². The first kappa shape index (κ1) is 46.2. The predicted octanol–water partition coefficient (Wildman–Crippen LogP) is 10.3. The van der Waals surface area contributed by atoms with Gasteiger partial charge < -0.3 is 28.0 Å². The second-order valence-corrected chi connectivity index (χ2v) is 15.5. The zero-order valence-corrected chi connectivity index (χ0v) is 30.9. The summed E-state index contributed by atoms with van der Waals surface area (Å²) < 4.78 is 34.8. The molecule has 41 heavy (non-hydrogen) atoms. The molecule has 0 aliphatic rings. The minimum Gasteiger partial charge on any atom is -0.778 e. The molecule has 0 aliphatic carbocycles. The maximum atomic E-state index is 12.1. The van der Waals surface area contributed by atoms with E-state index in [9.17, 15) is 18.9 Å². The third kappa shape index (κ3) is 30.6. The zero-order chi connectivity index (χ0) is 30.9. The fourth-order valence-electron chi connectivity index (χ4n) is 4.92. The van der Waals surface area contributed by atoms with Crippen LogP contribution in [0, 0.1) is 11.8 Å². The van der Waals surface area contributed by atoms with Gasteiger partial charge in [0.1, 0.15) is 15.2 Å². The predicted molar refractivity (Wildman–Crippen MR) is 170 cm³/mol.